The Hall–Kier alpha value is 0.501. The van der Waals surface area contributed by atoms with Gasteiger partial charge in [0.05, 0.1) is 0 Å². The summed E-state index contributed by atoms with van der Waals surface area (Å²) >= 11 is 0. The molecule has 0 saturated heterocycles. The molecule has 0 bridgehead atoms. The smallest absolute Gasteiger partial charge is 1.00 e. The number of benzene rings is 1. The van der Waals surface area contributed by atoms with Crippen LogP contribution in [0.1, 0.15) is 80.2 Å². The van der Waals surface area contributed by atoms with Gasteiger partial charge in [-0.05, 0) is 60.8 Å². The van der Waals surface area contributed by atoms with Gasteiger partial charge in [0.25, 0.3) is 0 Å². The molecule has 0 atom stereocenters. The van der Waals surface area contributed by atoms with Gasteiger partial charge in [0, 0.05) is 0 Å². The molecular formula is C23H35Cl3SiTi. The minimum absolute atomic E-state index is 0. The molecule has 28 heavy (non-hydrogen) atoms. The Bertz CT molecular complexity index is 665. The first-order valence-corrected chi connectivity index (χ1v) is 11.2. The van der Waals surface area contributed by atoms with Gasteiger partial charge in [0.15, 0.2) is 0 Å². The quantitative estimate of drug-likeness (QED) is 0.209. The zero-order chi connectivity index (χ0) is 17.9. The van der Waals surface area contributed by atoms with Crippen LogP contribution in [-0.4, -0.2) is 9.52 Å². The van der Waals surface area contributed by atoms with Gasteiger partial charge in [0.1, 0.15) is 0 Å². The maximum absolute atomic E-state index is 3.78. The van der Waals surface area contributed by atoms with E-state index in [-0.39, 0.29) is 68.5 Å². The third kappa shape index (κ3) is 7.64. The average molecular weight is 494 g/mol. The van der Waals surface area contributed by atoms with Crippen molar-refractivity contribution in [2.75, 3.05) is 0 Å². The van der Waals surface area contributed by atoms with Crippen molar-refractivity contribution in [3.8, 4) is 0 Å². The van der Waals surface area contributed by atoms with E-state index in [1.807, 2.05) is 0 Å². The van der Waals surface area contributed by atoms with E-state index in [9.17, 15) is 0 Å². The van der Waals surface area contributed by atoms with E-state index < -0.39 is 0 Å². The standard InChI is InChI=1S/C23H35Si.3ClH.Ti/c1-8-10-11-12-20-13-21(9-2)22(14-20)24-23-18(6)16(4)15(3)17(5)19(23)7;;;;/h8-12,14,24H2,1-7H3;3*1H;/q-1;;;;+4/p-3. The molecule has 0 nitrogen and oxygen atoms in total. The van der Waals surface area contributed by atoms with Crippen LogP contribution in [0.5, 0.6) is 0 Å². The van der Waals surface area contributed by atoms with Crippen molar-refractivity contribution in [3.05, 3.63) is 50.2 Å². The van der Waals surface area contributed by atoms with E-state index >= 15 is 0 Å². The second-order valence-corrected chi connectivity index (χ2v) is 9.49. The fourth-order valence-corrected chi connectivity index (χ4v) is 6.48. The summed E-state index contributed by atoms with van der Waals surface area (Å²) in [6.07, 6.45) is 11.4. The van der Waals surface area contributed by atoms with Crippen LogP contribution in [0.25, 0.3) is 0 Å². The van der Waals surface area contributed by atoms with Gasteiger partial charge in [-0.3, -0.25) is 0 Å². The molecule has 1 aromatic rings. The Labute approximate surface area is 209 Å². The van der Waals surface area contributed by atoms with Crippen LogP contribution in [0.15, 0.2) is 16.3 Å². The molecule has 0 spiro atoms. The normalized spacial score (nSPS) is 12.9. The van der Waals surface area contributed by atoms with Crippen LogP contribution in [0.4, 0.5) is 0 Å². The molecule has 0 heterocycles. The molecule has 0 saturated carbocycles. The molecule has 156 valence electrons. The summed E-state index contributed by atoms with van der Waals surface area (Å²) in [7, 11) is -0.374. The summed E-state index contributed by atoms with van der Waals surface area (Å²) in [4.78, 5) is 0. The van der Waals surface area contributed by atoms with Crippen molar-refractivity contribution in [1.29, 1.82) is 0 Å². The first-order chi connectivity index (χ1) is 11.4. The molecule has 0 aromatic heterocycles. The van der Waals surface area contributed by atoms with Crippen molar-refractivity contribution >= 4 is 14.7 Å². The van der Waals surface area contributed by atoms with Gasteiger partial charge in [-0.1, -0.05) is 68.7 Å². The number of rotatable bonds is 7. The zero-order valence-corrected chi connectivity index (χ0v) is 23.8. The molecule has 0 radical (unpaired) electrons. The van der Waals surface area contributed by atoms with E-state index in [0.717, 1.165) is 6.42 Å². The van der Waals surface area contributed by atoms with E-state index in [4.69, 9.17) is 0 Å². The molecule has 1 aliphatic carbocycles. The Kier molecular flexibility index (Phi) is 18.1. The van der Waals surface area contributed by atoms with Crippen molar-refractivity contribution in [1.82, 2.24) is 0 Å². The fraction of sp³-hybridized carbons (Fsp3) is 0.565. The van der Waals surface area contributed by atoms with Gasteiger partial charge >= 0.3 is 21.7 Å². The largest absolute Gasteiger partial charge is 4.00 e. The summed E-state index contributed by atoms with van der Waals surface area (Å²) in [5, 5.41) is 3.46. The summed E-state index contributed by atoms with van der Waals surface area (Å²) in [5.41, 5.74) is 10.8. The maximum Gasteiger partial charge on any atom is 4.00 e. The summed E-state index contributed by atoms with van der Waals surface area (Å²) in [5.74, 6) is 0. The number of hydrogen-bond donors (Lipinski definition) is 0. The van der Waals surface area contributed by atoms with Crippen LogP contribution in [0.3, 0.4) is 0 Å². The van der Waals surface area contributed by atoms with Gasteiger partial charge in [-0.25, -0.2) is 16.8 Å². The summed E-state index contributed by atoms with van der Waals surface area (Å²) in [6, 6.07) is 0. The van der Waals surface area contributed by atoms with Crippen LogP contribution in [-0.2, 0) is 21.7 Å². The van der Waals surface area contributed by atoms with Crippen LogP contribution in [0.2, 0.25) is 0 Å². The topological polar surface area (TPSA) is 0 Å². The monoisotopic (exact) mass is 492 g/mol. The van der Waals surface area contributed by atoms with E-state index in [2.05, 4.69) is 54.5 Å². The Morgan fingerprint density at radius 3 is 1.75 bits per heavy atom. The minimum atomic E-state index is -0.374. The van der Waals surface area contributed by atoms with Gasteiger partial charge < -0.3 is 37.2 Å². The molecule has 0 N–H and O–H groups in total. The SMILES string of the molecule is CCCCCC1=[C-]C(CC)=C([SiH2]c2c(C)c(C)c(C)c(C)c2C)C1.[Cl-].[Cl-].[Cl-].[Ti+4]. The number of halogens is 3. The van der Waals surface area contributed by atoms with Crippen molar-refractivity contribution in [3.63, 3.8) is 0 Å². The molecule has 0 unspecified atom stereocenters. The van der Waals surface area contributed by atoms with Gasteiger partial charge in [-0.2, -0.15) is 5.57 Å². The Morgan fingerprint density at radius 2 is 1.29 bits per heavy atom. The predicted octanol–water partition coefficient (Wildman–Crippen LogP) is -3.59. The number of unbranched alkanes of at least 4 members (excludes halogenated alkanes) is 2. The van der Waals surface area contributed by atoms with Crippen molar-refractivity contribution in [2.45, 2.75) is 87.0 Å². The second kappa shape index (κ2) is 15.3. The van der Waals surface area contributed by atoms with E-state index in [1.54, 1.807) is 32.7 Å². The average Bonchev–Trinajstić information content (AvgIpc) is 2.97. The summed E-state index contributed by atoms with van der Waals surface area (Å²) in [6.45, 7) is 16.2. The Balaban J connectivity index is -0.00000156. The molecule has 0 aliphatic heterocycles. The Morgan fingerprint density at radius 1 is 0.786 bits per heavy atom. The van der Waals surface area contributed by atoms with Crippen LogP contribution < -0.4 is 42.4 Å². The van der Waals surface area contributed by atoms with E-state index in [0.29, 0.717) is 0 Å². The third-order valence-electron chi connectivity index (χ3n) is 6.16. The van der Waals surface area contributed by atoms with Gasteiger partial charge in [0.2, 0.25) is 0 Å². The zero-order valence-electron chi connectivity index (χ0n) is 18.6. The molecule has 1 aliphatic rings. The first-order valence-electron chi connectivity index (χ1n) is 9.79. The molecule has 5 heteroatoms. The molecule has 0 amide bonds. The molecule has 2 rings (SSSR count). The van der Waals surface area contributed by atoms with Crippen LogP contribution in [0, 0.1) is 40.7 Å². The fourth-order valence-electron chi connectivity index (χ4n) is 4.01. The second-order valence-electron chi connectivity index (χ2n) is 7.58. The van der Waals surface area contributed by atoms with Gasteiger partial charge in [-0.15, -0.1) is 0 Å². The van der Waals surface area contributed by atoms with Crippen molar-refractivity contribution < 1.29 is 58.9 Å². The predicted molar refractivity (Wildman–Crippen MR) is 111 cm³/mol. The number of hydrogen-bond acceptors (Lipinski definition) is 0. The maximum atomic E-state index is 3.78. The minimum Gasteiger partial charge on any atom is -1.00 e. The van der Waals surface area contributed by atoms with E-state index in [1.165, 1.54) is 48.8 Å². The summed E-state index contributed by atoms with van der Waals surface area (Å²) < 4.78 is 0. The number of allylic oxidation sites excluding steroid dienone is 4. The molecule has 1 aromatic carbocycles. The molecular weight excluding hydrogens is 459 g/mol. The third-order valence-corrected chi connectivity index (χ3v) is 8.68. The van der Waals surface area contributed by atoms with Crippen LogP contribution >= 0.6 is 0 Å². The van der Waals surface area contributed by atoms with Crippen molar-refractivity contribution in [2.24, 2.45) is 0 Å². The molecule has 0 fully saturated rings. The first kappa shape index (κ1) is 33.1.